The van der Waals surface area contributed by atoms with Gasteiger partial charge in [-0.25, -0.2) is 8.78 Å². The van der Waals surface area contributed by atoms with Gasteiger partial charge >= 0.3 is 0 Å². The van der Waals surface area contributed by atoms with Crippen LogP contribution in [0.3, 0.4) is 0 Å². The average Bonchev–Trinajstić information content (AvgIpc) is 2.88. The van der Waals surface area contributed by atoms with E-state index in [2.05, 4.69) is 5.32 Å². The number of amides is 2. The van der Waals surface area contributed by atoms with Gasteiger partial charge in [0.1, 0.15) is 24.0 Å². The Labute approximate surface area is 203 Å². The molecule has 0 aromatic heterocycles. The van der Waals surface area contributed by atoms with Crippen LogP contribution in [0.1, 0.15) is 34.3 Å². The van der Waals surface area contributed by atoms with Crippen molar-refractivity contribution in [2.75, 3.05) is 19.6 Å². The monoisotopic (exact) mass is 478 g/mol. The lowest BCUT2D eigenvalue weighted by Crippen LogP contribution is -2.43. The topological polar surface area (TPSA) is 58.6 Å². The molecule has 0 radical (unpaired) electrons. The van der Waals surface area contributed by atoms with Crippen molar-refractivity contribution in [1.82, 2.24) is 10.2 Å². The average molecular weight is 479 g/mol. The Balaban J connectivity index is 1.17. The molecule has 1 aliphatic heterocycles. The number of ether oxygens (including phenoxy) is 1. The molecule has 0 unspecified atom stereocenters. The summed E-state index contributed by atoms with van der Waals surface area (Å²) in [4.78, 5) is 26.6. The molecular formula is C28H28F2N2O3. The number of nitrogens with one attached hydrogen (secondary N) is 1. The molecule has 7 heteroatoms. The van der Waals surface area contributed by atoms with Crippen LogP contribution >= 0.6 is 0 Å². The van der Waals surface area contributed by atoms with E-state index in [4.69, 9.17) is 4.74 Å². The van der Waals surface area contributed by atoms with Gasteiger partial charge in [-0.1, -0.05) is 42.5 Å². The van der Waals surface area contributed by atoms with Crippen LogP contribution in [-0.2, 0) is 17.8 Å². The normalized spacial score (nSPS) is 13.9. The van der Waals surface area contributed by atoms with Crippen molar-refractivity contribution in [1.29, 1.82) is 0 Å². The van der Waals surface area contributed by atoms with Gasteiger partial charge in [-0.3, -0.25) is 9.59 Å². The van der Waals surface area contributed by atoms with Crippen molar-refractivity contribution < 1.29 is 23.1 Å². The number of halogens is 2. The molecule has 1 aliphatic rings. The molecule has 0 atom stereocenters. The highest BCUT2D eigenvalue weighted by Gasteiger charge is 2.28. The lowest BCUT2D eigenvalue weighted by molar-refractivity contribution is -0.126. The Hall–Kier alpha value is -3.74. The predicted octanol–water partition coefficient (Wildman–Crippen LogP) is 4.75. The van der Waals surface area contributed by atoms with E-state index in [9.17, 15) is 18.4 Å². The fourth-order valence-electron chi connectivity index (χ4n) is 4.15. The van der Waals surface area contributed by atoms with E-state index in [1.165, 1.54) is 4.90 Å². The largest absolute Gasteiger partial charge is 0.489 e. The zero-order chi connectivity index (χ0) is 24.6. The molecule has 0 aliphatic carbocycles. The summed E-state index contributed by atoms with van der Waals surface area (Å²) in [6.07, 6.45) is 1.72. The highest BCUT2D eigenvalue weighted by Crippen LogP contribution is 2.21. The summed E-state index contributed by atoms with van der Waals surface area (Å²) in [7, 11) is 0. The minimum Gasteiger partial charge on any atom is -0.489 e. The Morgan fingerprint density at radius 3 is 2.31 bits per heavy atom. The number of hydrogen-bond acceptors (Lipinski definition) is 3. The van der Waals surface area contributed by atoms with Gasteiger partial charge in [0.2, 0.25) is 5.91 Å². The molecule has 3 aromatic rings. The number of rotatable bonds is 8. The van der Waals surface area contributed by atoms with E-state index in [0.29, 0.717) is 51.6 Å². The van der Waals surface area contributed by atoms with Gasteiger partial charge < -0.3 is 15.0 Å². The summed E-state index contributed by atoms with van der Waals surface area (Å²) in [5, 5.41) is 2.98. The van der Waals surface area contributed by atoms with E-state index in [1.54, 1.807) is 0 Å². The Kier molecular flexibility index (Phi) is 8.08. The highest BCUT2D eigenvalue weighted by atomic mass is 19.1. The van der Waals surface area contributed by atoms with E-state index >= 15 is 0 Å². The fraction of sp³-hybridized carbons (Fsp3) is 0.286. The molecule has 182 valence electrons. The summed E-state index contributed by atoms with van der Waals surface area (Å²) in [6.45, 7) is 1.75. The van der Waals surface area contributed by atoms with Gasteiger partial charge in [0.15, 0.2) is 0 Å². The third-order valence-electron chi connectivity index (χ3n) is 6.20. The predicted molar refractivity (Wildman–Crippen MR) is 129 cm³/mol. The van der Waals surface area contributed by atoms with Crippen LogP contribution in [-0.4, -0.2) is 36.3 Å². The van der Waals surface area contributed by atoms with Crippen LogP contribution in [0.2, 0.25) is 0 Å². The molecule has 1 N–H and O–H groups in total. The van der Waals surface area contributed by atoms with Gasteiger partial charge in [-0.05, 0) is 54.7 Å². The summed E-state index contributed by atoms with van der Waals surface area (Å²) >= 11 is 0. The second kappa shape index (κ2) is 11.6. The van der Waals surface area contributed by atoms with Crippen molar-refractivity contribution in [2.24, 2.45) is 5.92 Å². The van der Waals surface area contributed by atoms with Crippen molar-refractivity contribution >= 4 is 11.8 Å². The van der Waals surface area contributed by atoms with Gasteiger partial charge in [-0.15, -0.1) is 0 Å². The van der Waals surface area contributed by atoms with Crippen LogP contribution in [0.15, 0.2) is 72.8 Å². The van der Waals surface area contributed by atoms with Gasteiger partial charge in [0, 0.05) is 31.6 Å². The minimum absolute atomic E-state index is 0.0344. The number of hydrogen-bond donors (Lipinski definition) is 1. The molecule has 0 bridgehead atoms. The highest BCUT2D eigenvalue weighted by molar-refractivity contribution is 5.94. The van der Waals surface area contributed by atoms with Crippen molar-refractivity contribution in [3.05, 3.63) is 101 Å². The molecule has 0 spiro atoms. The number of carbonyl (C=O) groups excluding carboxylic acids is 2. The third kappa shape index (κ3) is 6.66. The van der Waals surface area contributed by atoms with Crippen LogP contribution in [0.5, 0.6) is 5.75 Å². The van der Waals surface area contributed by atoms with E-state index in [0.717, 1.165) is 29.0 Å². The third-order valence-corrected chi connectivity index (χ3v) is 6.20. The standard InChI is InChI=1S/C28H28F2N2O3/c29-23-8-11-25(26(30)18-23)28(34)32-16-13-22(14-17-32)27(33)31-15-12-20-6-9-24(10-7-20)35-19-21-4-2-1-3-5-21/h1-11,18,22H,12-17,19H2,(H,31,33). The quantitative estimate of drug-likeness (QED) is 0.508. The molecule has 35 heavy (non-hydrogen) atoms. The van der Waals surface area contributed by atoms with Gasteiger partial charge in [-0.2, -0.15) is 0 Å². The lowest BCUT2D eigenvalue weighted by Gasteiger charge is -2.31. The first-order valence-corrected chi connectivity index (χ1v) is 11.8. The molecule has 1 saturated heterocycles. The Morgan fingerprint density at radius 2 is 1.63 bits per heavy atom. The second-order valence-corrected chi connectivity index (χ2v) is 8.65. The van der Waals surface area contributed by atoms with Crippen molar-refractivity contribution in [3.8, 4) is 5.75 Å². The number of piperidine rings is 1. The lowest BCUT2D eigenvalue weighted by atomic mass is 9.95. The summed E-state index contributed by atoms with van der Waals surface area (Å²) in [5.74, 6) is -1.49. The van der Waals surface area contributed by atoms with E-state index in [1.807, 2.05) is 54.6 Å². The van der Waals surface area contributed by atoms with Crippen molar-refractivity contribution in [3.63, 3.8) is 0 Å². The smallest absolute Gasteiger partial charge is 0.256 e. The molecule has 2 amide bonds. The van der Waals surface area contributed by atoms with Crippen molar-refractivity contribution in [2.45, 2.75) is 25.9 Å². The maximum absolute atomic E-state index is 13.9. The summed E-state index contributed by atoms with van der Waals surface area (Å²) in [6, 6.07) is 20.7. The summed E-state index contributed by atoms with van der Waals surface area (Å²) in [5.41, 5.74) is 2.06. The zero-order valence-electron chi connectivity index (χ0n) is 19.4. The van der Waals surface area contributed by atoms with Gasteiger partial charge in [0.25, 0.3) is 5.91 Å². The van der Waals surface area contributed by atoms with Crippen LogP contribution in [0.4, 0.5) is 8.78 Å². The summed E-state index contributed by atoms with van der Waals surface area (Å²) < 4.78 is 32.8. The van der Waals surface area contributed by atoms with Gasteiger partial charge in [0.05, 0.1) is 5.56 Å². The first kappa shape index (κ1) is 24.4. The Morgan fingerprint density at radius 1 is 0.914 bits per heavy atom. The SMILES string of the molecule is O=C(NCCc1ccc(OCc2ccccc2)cc1)C1CCN(C(=O)c2ccc(F)cc2F)CC1. The fourth-order valence-corrected chi connectivity index (χ4v) is 4.15. The minimum atomic E-state index is -0.870. The molecule has 1 heterocycles. The van der Waals surface area contributed by atoms with E-state index < -0.39 is 17.5 Å². The Bertz CT molecular complexity index is 1140. The first-order valence-electron chi connectivity index (χ1n) is 11.8. The maximum atomic E-state index is 13.9. The number of nitrogens with zero attached hydrogens (tertiary/aromatic N) is 1. The zero-order valence-corrected chi connectivity index (χ0v) is 19.4. The van der Waals surface area contributed by atoms with Crippen LogP contribution in [0, 0.1) is 17.6 Å². The number of carbonyl (C=O) groups is 2. The molecule has 0 saturated carbocycles. The number of benzene rings is 3. The van der Waals surface area contributed by atoms with E-state index in [-0.39, 0.29) is 17.4 Å². The molecule has 5 nitrogen and oxygen atoms in total. The molecular weight excluding hydrogens is 450 g/mol. The number of likely N-dealkylation sites (tertiary alicyclic amines) is 1. The first-order chi connectivity index (χ1) is 17.0. The molecule has 3 aromatic carbocycles. The van der Waals surface area contributed by atoms with Crippen LogP contribution in [0.25, 0.3) is 0 Å². The molecule has 1 fully saturated rings. The second-order valence-electron chi connectivity index (χ2n) is 8.65. The maximum Gasteiger partial charge on any atom is 0.256 e. The molecule has 4 rings (SSSR count). The van der Waals surface area contributed by atoms with Crippen LogP contribution < -0.4 is 10.1 Å².